The minimum absolute atomic E-state index is 0.271. The van der Waals surface area contributed by atoms with Crippen molar-refractivity contribution >= 4 is 34.8 Å². The fraction of sp³-hybridized carbons (Fsp3) is 0.176. The fourth-order valence-corrected chi connectivity index (χ4v) is 2.59. The predicted octanol–water partition coefficient (Wildman–Crippen LogP) is 3.97. The summed E-state index contributed by atoms with van der Waals surface area (Å²) in [5.41, 5.74) is -0.0482. The van der Waals surface area contributed by atoms with E-state index in [-0.39, 0.29) is 12.3 Å². The molecule has 2 aromatic rings. The Morgan fingerprint density at radius 3 is 2.12 bits per heavy atom. The minimum Gasteiger partial charge on any atom is -0.325 e. The van der Waals surface area contributed by atoms with Gasteiger partial charge in [-0.25, -0.2) is 13.2 Å². The lowest BCUT2D eigenvalue weighted by molar-refractivity contribution is -0.122. The first-order chi connectivity index (χ1) is 11.9. The zero-order valence-electron chi connectivity index (χ0n) is 12.7. The first kappa shape index (κ1) is 17.3. The zero-order chi connectivity index (χ0) is 18.1. The van der Waals surface area contributed by atoms with Crippen molar-refractivity contribution in [1.29, 1.82) is 0 Å². The SMILES string of the molecule is O=C(Nc1ccccc1Cl)C1CC1C(=O)Nc1ccc(F)c(F)c1F. The van der Waals surface area contributed by atoms with Crippen molar-refractivity contribution in [3.05, 3.63) is 58.9 Å². The standard InChI is InChI=1S/C17H12ClF3N2O2/c18-10-3-1-2-4-12(10)22-16(24)8-7-9(8)17(25)23-13-6-5-11(19)14(20)15(13)21/h1-6,8-9H,7H2,(H,22,24)(H,23,25). The van der Waals surface area contributed by atoms with Crippen LogP contribution in [0.2, 0.25) is 5.02 Å². The van der Waals surface area contributed by atoms with Crippen LogP contribution in [0.1, 0.15) is 6.42 Å². The summed E-state index contributed by atoms with van der Waals surface area (Å²) in [5.74, 6) is -6.78. The van der Waals surface area contributed by atoms with Crippen molar-refractivity contribution in [3.63, 3.8) is 0 Å². The number of nitrogens with one attached hydrogen (secondary N) is 2. The number of benzene rings is 2. The summed E-state index contributed by atoms with van der Waals surface area (Å²) in [5, 5.41) is 5.15. The Labute approximate surface area is 146 Å². The monoisotopic (exact) mass is 368 g/mol. The maximum atomic E-state index is 13.6. The number of rotatable bonds is 4. The lowest BCUT2D eigenvalue weighted by Gasteiger charge is -2.08. The Hall–Kier alpha value is -2.54. The van der Waals surface area contributed by atoms with E-state index >= 15 is 0 Å². The van der Waals surface area contributed by atoms with Crippen LogP contribution in [0.3, 0.4) is 0 Å². The molecule has 2 amide bonds. The molecule has 0 saturated heterocycles. The average Bonchev–Trinajstić information content (AvgIpc) is 3.38. The minimum atomic E-state index is -1.67. The highest BCUT2D eigenvalue weighted by molar-refractivity contribution is 6.33. The molecule has 1 aliphatic carbocycles. The number of hydrogen-bond acceptors (Lipinski definition) is 2. The van der Waals surface area contributed by atoms with Gasteiger partial charge in [0.2, 0.25) is 11.8 Å². The van der Waals surface area contributed by atoms with Crippen molar-refractivity contribution in [2.45, 2.75) is 6.42 Å². The number of hydrogen-bond donors (Lipinski definition) is 2. The molecule has 0 heterocycles. The second-order valence-corrected chi connectivity index (χ2v) is 6.04. The third-order valence-electron chi connectivity index (χ3n) is 3.89. The van der Waals surface area contributed by atoms with Crippen molar-refractivity contribution < 1.29 is 22.8 Å². The molecule has 2 N–H and O–H groups in total. The van der Waals surface area contributed by atoms with E-state index in [1.54, 1.807) is 24.3 Å². The van der Waals surface area contributed by atoms with Crippen LogP contribution in [-0.2, 0) is 9.59 Å². The van der Waals surface area contributed by atoms with Crippen LogP contribution in [0.4, 0.5) is 24.5 Å². The van der Waals surface area contributed by atoms with E-state index in [1.165, 1.54) is 0 Å². The van der Waals surface area contributed by atoms with Gasteiger partial charge in [0, 0.05) is 0 Å². The van der Waals surface area contributed by atoms with Crippen LogP contribution in [0.5, 0.6) is 0 Å². The molecule has 2 aromatic carbocycles. The topological polar surface area (TPSA) is 58.2 Å². The van der Waals surface area contributed by atoms with Gasteiger partial charge in [0.15, 0.2) is 17.5 Å². The van der Waals surface area contributed by atoms with Crippen LogP contribution in [0.25, 0.3) is 0 Å². The molecule has 0 radical (unpaired) electrons. The molecule has 0 aromatic heterocycles. The number of carbonyl (C=O) groups is 2. The Balaban J connectivity index is 1.62. The van der Waals surface area contributed by atoms with E-state index in [4.69, 9.17) is 11.6 Å². The highest BCUT2D eigenvalue weighted by Gasteiger charge is 2.48. The first-order valence-electron chi connectivity index (χ1n) is 7.38. The normalized spacial score (nSPS) is 18.6. The van der Waals surface area contributed by atoms with Crippen LogP contribution in [0.15, 0.2) is 36.4 Å². The Morgan fingerprint density at radius 2 is 1.48 bits per heavy atom. The maximum absolute atomic E-state index is 13.6. The second kappa shape index (κ2) is 6.76. The molecule has 3 rings (SSSR count). The number of carbonyl (C=O) groups excluding carboxylic acids is 2. The number of amides is 2. The molecule has 25 heavy (non-hydrogen) atoms. The van der Waals surface area contributed by atoms with Gasteiger partial charge in [-0.1, -0.05) is 23.7 Å². The predicted molar refractivity (Wildman–Crippen MR) is 86.6 cm³/mol. The summed E-state index contributed by atoms with van der Waals surface area (Å²) >= 11 is 5.94. The lowest BCUT2D eigenvalue weighted by Crippen LogP contribution is -2.21. The highest BCUT2D eigenvalue weighted by Crippen LogP contribution is 2.40. The van der Waals surface area contributed by atoms with Gasteiger partial charge in [-0.15, -0.1) is 0 Å². The van der Waals surface area contributed by atoms with Gasteiger partial charge >= 0.3 is 0 Å². The van der Waals surface area contributed by atoms with Crippen LogP contribution < -0.4 is 10.6 Å². The molecule has 8 heteroatoms. The summed E-state index contributed by atoms with van der Waals surface area (Å²) in [7, 11) is 0. The Morgan fingerprint density at radius 1 is 0.880 bits per heavy atom. The van der Waals surface area contributed by atoms with Crippen LogP contribution in [0, 0.1) is 29.3 Å². The van der Waals surface area contributed by atoms with Gasteiger partial charge in [0.1, 0.15) is 0 Å². The fourth-order valence-electron chi connectivity index (χ4n) is 2.41. The molecule has 4 nitrogen and oxygen atoms in total. The number of halogens is 4. The van der Waals surface area contributed by atoms with E-state index in [1.807, 2.05) is 0 Å². The summed E-state index contributed by atoms with van der Waals surface area (Å²) in [6, 6.07) is 8.27. The smallest absolute Gasteiger partial charge is 0.228 e. The van der Waals surface area contributed by atoms with Gasteiger partial charge in [-0.3, -0.25) is 9.59 Å². The zero-order valence-corrected chi connectivity index (χ0v) is 13.4. The van der Waals surface area contributed by atoms with E-state index in [0.717, 1.165) is 6.07 Å². The van der Waals surface area contributed by atoms with Crippen molar-refractivity contribution in [2.24, 2.45) is 11.8 Å². The van der Waals surface area contributed by atoms with Crippen molar-refractivity contribution in [1.82, 2.24) is 0 Å². The van der Waals surface area contributed by atoms with E-state index in [9.17, 15) is 22.8 Å². The van der Waals surface area contributed by atoms with Gasteiger partial charge in [0.25, 0.3) is 0 Å². The first-order valence-corrected chi connectivity index (χ1v) is 7.76. The van der Waals surface area contributed by atoms with Gasteiger partial charge < -0.3 is 10.6 Å². The molecule has 0 spiro atoms. The summed E-state index contributed by atoms with van der Waals surface area (Å²) in [4.78, 5) is 24.2. The lowest BCUT2D eigenvalue weighted by atomic mass is 10.2. The van der Waals surface area contributed by atoms with Gasteiger partial charge in [-0.05, 0) is 30.7 Å². The summed E-state index contributed by atoms with van der Waals surface area (Å²) in [6.07, 6.45) is 0.271. The molecule has 0 aliphatic heterocycles. The number of anilines is 2. The van der Waals surface area contributed by atoms with E-state index in [2.05, 4.69) is 10.6 Å². The quantitative estimate of drug-likeness (QED) is 0.802. The van der Waals surface area contributed by atoms with Crippen molar-refractivity contribution in [2.75, 3.05) is 10.6 Å². The highest BCUT2D eigenvalue weighted by atomic mass is 35.5. The summed E-state index contributed by atoms with van der Waals surface area (Å²) in [6.45, 7) is 0. The van der Waals surface area contributed by atoms with Crippen LogP contribution >= 0.6 is 11.6 Å². The summed E-state index contributed by atoms with van der Waals surface area (Å²) < 4.78 is 39.6. The number of para-hydroxylation sites is 1. The van der Waals surface area contributed by atoms with E-state index < -0.39 is 40.9 Å². The molecular formula is C17H12ClF3N2O2. The van der Waals surface area contributed by atoms with Crippen LogP contribution in [-0.4, -0.2) is 11.8 Å². The molecule has 1 aliphatic rings. The van der Waals surface area contributed by atoms with Gasteiger partial charge in [0.05, 0.1) is 28.2 Å². The molecule has 1 saturated carbocycles. The second-order valence-electron chi connectivity index (χ2n) is 5.63. The molecule has 0 bridgehead atoms. The third-order valence-corrected chi connectivity index (χ3v) is 4.22. The largest absolute Gasteiger partial charge is 0.325 e. The molecule has 2 atom stereocenters. The van der Waals surface area contributed by atoms with Crippen molar-refractivity contribution in [3.8, 4) is 0 Å². The molecule has 2 unspecified atom stereocenters. The Bertz CT molecular complexity index is 860. The maximum Gasteiger partial charge on any atom is 0.228 e. The molecule has 130 valence electrons. The average molecular weight is 369 g/mol. The molecule has 1 fully saturated rings. The Kier molecular flexibility index (Phi) is 4.67. The van der Waals surface area contributed by atoms with Gasteiger partial charge in [-0.2, -0.15) is 0 Å². The molecular weight excluding hydrogens is 357 g/mol. The third kappa shape index (κ3) is 3.61. The van der Waals surface area contributed by atoms with E-state index in [0.29, 0.717) is 16.8 Å².